The molecule has 0 radical (unpaired) electrons. The van der Waals surface area contributed by atoms with Gasteiger partial charge in [0.25, 0.3) is 5.56 Å². The molecular weight excluding hydrogens is 357 g/mol. The lowest BCUT2D eigenvalue weighted by atomic mass is 9.97. The van der Waals surface area contributed by atoms with E-state index >= 15 is 0 Å². The lowest BCUT2D eigenvalue weighted by Gasteiger charge is -2.17. The van der Waals surface area contributed by atoms with E-state index in [2.05, 4.69) is 32.7 Å². The van der Waals surface area contributed by atoms with Gasteiger partial charge in [0.05, 0.1) is 5.52 Å². The maximum Gasteiger partial charge on any atom is 0.273 e. The second-order valence-electron chi connectivity index (χ2n) is 7.04. The summed E-state index contributed by atoms with van der Waals surface area (Å²) in [6, 6.07) is 12.3. The predicted octanol–water partition coefficient (Wildman–Crippen LogP) is 2.87. The second-order valence-corrected chi connectivity index (χ2v) is 7.04. The van der Waals surface area contributed by atoms with Gasteiger partial charge in [-0.15, -0.1) is 0 Å². The maximum absolute atomic E-state index is 14.4. The molecule has 5 rings (SSSR count). The topological polar surface area (TPSA) is 75.6 Å². The van der Waals surface area contributed by atoms with Gasteiger partial charge >= 0.3 is 0 Å². The molecule has 1 aliphatic rings. The molecule has 3 heterocycles. The van der Waals surface area contributed by atoms with E-state index in [1.54, 1.807) is 19.1 Å². The zero-order chi connectivity index (χ0) is 19.3. The molecule has 6 nitrogen and oxygen atoms in total. The molecule has 2 aromatic heterocycles. The van der Waals surface area contributed by atoms with Gasteiger partial charge in [-0.1, -0.05) is 24.3 Å². The third-order valence-corrected chi connectivity index (χ3v) is 5.21. The number of halogens is 1. The van der Waals surface area contributed by atoms with Gasteiger partial charge in [0.15, 0.2) is 0 Å². The summed E-state index contributed by atoms with van der Waals surface area (Å²) in [7, 11) is 0. The first-order chi connectivity index (χ1) is 13.6. The molecule has 0 spiro atoms. The summed E-state index contributed by atoms with van der Waals surface area (Å²) < 4.78 is 15.5. The number of nitrogens with zero attached hydrogens (tertiary/aromatic N) is 3. The lowest BCUT2D eigenvalue weighted by molar-refractivity contribution is 0.605. The zero-order valence-electron chi connectivity index (χ0n) is 15.3. The highest BCUT2D eigenvalue weighted by molar-refractivity contribution is 5.89. The minimum atomic E-state index is -0.487. The summed E-state index contributed by atoms with van der Waals surface area (Å²) >= 11 is 0. The van der Waals surface area contributed by atoms with E-state index in [-0.39, 0.29) is 5.69 Å². The lowest BCUT2D eigenvalue weighted by Crippen LogP contribution is -2.23. The number of aryl methyl sites for hydroxylation is 1. The molecule has 4 aromatic rings. The number of rotatable bonds is 2. The van der Waals surface area contributed by atoms with Crippen LogP contribution in [0.5, 0.6) is 0 Å². The van der Waals surface area contributed by atoms with Crippen molar-refractivity contribution in [3.63, 3.8) is 0 Å². The molecule has 0 unspecified atom stereocenters. The second kappa shape index (κ2) is 6.38. The first kappa shape index (κ1) is 16.8. The quantitative estimate of drug-likeness (QED) is 0.565. The molecule has 2 aromatic carbocycles. The van der Waals surface area contributed by atoms with Gasteiger partial charge in [0, 0.05) is 18.2 Å². The summed E-state index contributed by atoms with van der Waals surface area (Å²) in [6.07, 6.45) is 1.00. The number of aromatic nitrogens is 4. The Morgan fingerprint density at radius 2 is 2.04 bits per heavy atom. The van der Waals surface area contributed by atoms with Gasteiger partial charge in [-0.3, -0.25) is 9.89 Å². The van der Waals surface area contributed by atoms with Crippen molar-refractivity contribution >= 4 is 11.0 Å². The van der Waals surface area contributed by atoms with Crippen LogP contribution in [0.1, 0.15) is 16.7 Å². The standard InChI is InChI=1S/C21H18FN5O/c1-12-3-2-4-16(22)21(12)27-18(28)10-17-20(26-27)19(25-24-17)14-6-5-13-7-8-23-11-15(13)9-14/h2-6,9-10,23-24H,7-8,11H2,1H3. The number of hydrogen-bond acceptors (Lipinski definition) is 4. The predicted molar refractivity (Wildman–Crippen MR) is 105 cm³/mol. The maximum atomic E-state index is 14.4. The van der Waals surface area contributed by atoms with Crippen molar-refractivity contribution in [2.75, 3.05) is 6.54 Å². The summed E-state index contributed by atoms with van der Waals surface area (Å²) in [6.45, 7) is 3.55. The number of benzene rings is 2. The van der Waals surface area contributed by atoms with Gasteiger partial charge < -0.3 is 5.32 Å². The van der Waals surface area contributed by atoms with Gasteiger partial charge in [-0.05, 0) is 48.7 Å². The summed E-state index contributed by atoms with van der Waals surface area (Å²) in [5.41, 5.74) is 5.57. The first-order valence-corrected chi connectivity index (χ1v) is 9.18. The van der Waals surface area contributed by atoms with Crippen LogP contribution in [0.25, 0.3) is 28.0 Å². The molecular formula is C21H18FN5O. The van der Waals surface area contributed by atoms with Crippen molar-refractivity contribution in [3.8, 4) is 16.9 Å². The third-order valence-electron chi connectivity index (χ3n) is 5.21. The highest BCUT2D eigenvalue weighted by atomic mass is 19.1. The summed E-state index contributed by atoms with van der Waals surface area (Å²) in [5.74, 6) is -0.487. The molecule has 1 aliphatic heterocycles. The Morgan fingerprint density at radius 3 is 2.89 bits per heavy atom. The van der Waals surface area contributed by atoms with Crippen molar-refractivity contribution < 1.29 is 4.39 Å². The van der Waals surface area contributed by atoms with Crippen LogP contribution >= 0.6 is 0 Å². The van der Waals surface area contributed by atoms with Crippen molar-refractivity contribution in [1.29, 1.82) is 0 Å². The van der Waals surface area contributed by atoms with Crippen LogP contribution in [0.3, 0.4) is 0 Å². The fraction of sp³-hybridized carbons (Fsp3) is 0.190. The highest BCUT2D eigenvalue weighted by Crippen LogP contribution is 2.27. The van der Waals surface area contributed by atoms with Crippen LogP contribution < -0.4 is 10.9 Å². The Hall–Kier alpha value is -3.32. The third kappa shape index (κ3) is 2.63. The van der Waals surface area contributed by atoms with Gasteiger partial charge in [-0.25, -0.2) is 4.39 Å². The van der Waals surface area contributed by atoms with E-state index in [1.165, 1.54) is 23.3 Å². The zero-order valence-corrected chi connectivity index (χ0v) is 15.3. The minimum Gasteiger partial charge on any atom is -0.312 e. The number of para-hydroxylation sites is 1. The molecule has 7 heteroatoms. The number of fused-ring (bicyclic) bond motifs is 2. The average molecular weight is 375 g/mol. The molecule has 0 saturated carbocycles. The Balaban J connectivity index is 1.71. The first-order valence-electron chi connectivity index (χ1n) is 9.18. The summed E-state index contributed by atoms with van der Waals surface area (Å²) in [4.78, 5) is 12.6. The van der Waals surface area contributed by atoms with Crippen LogP contribution in [0.4, 0.5) is 4.39 Å². The van der Waals surface area contributed by atoms with E-state index in [0.29, 0.717) is 22.3 Å². The molecule has 0 fully saturated rings. The van der Waals surface area contributed by atoms with Crippen LogP contribution in [0.15, 0.2) is 47.3 Å². The van der Waals surface area contributed by atoms with E-state index in [0.717, 1.165) is 29.8 Å². The fourth-order valence-corrected chi connectivity index (χ4v) is 3.77. The van der Waals surface area contributed by atoms with E-state index in [4.69, 9.17) is 0 Å². The molecule has 0 saturated heterocycles. The highest BCUT2D eigenvalue weighted by Gasteiger charge is 2.17. The molecule has 0 aliphatic carbocycles. The minimum absolute atomic E-state index is 0.163. The van der Waals surface area contributed by atoms with Crippen LogP contribution in [0, 0.1) is 12.7 Å². The largest absolute Gasteiger partial charge is 0.312 e. The van der Waals surface area contributed by atoms with Crippen molar-refractivity contribution in [3.05, 3.63) is 75.3 Å². The van der Waals surface area contributed by atoms with Crippen molar-refractivity contribution in [1.82, 2.24) is 25.3 Å². The molecule has 0 amide bonds. The molecule has 140 valence electrons. The molecule has 0 bridgehead atoms. The SMILES string of the molecule is Cc1cccc(F)c1-n1nc2c(-c3ccc4c(c3)CNCC4)n[nH]c2cc1=O. The van der Waals surface area contributed by atoms with E-state index in [1.807, 2.05) is 6.07 Å². The Morgan fingerprint density at radius 1 is 1.14 bits per heavy atom. The monoisotopic (exact) mass is 375 g/mol. The molecule has 28 heavy (non-hydrogen) atoms. The number of H-pyrrole nitrogens is 1. The average Bonchev–Trinajstić information content (AvgIpc) is 3.10. The van der Waals surface area contributed by atoms with Crippen molar-refractivity contribution in [2.24, 2.45) is 0 Å². The Labute approximate surface area is 160 Å². The smallest absolute Gasteiger partial charge is 0.273 e. The van der Waals surface area contributed by atoms with E-state index < -0.39 is 11.4 Å². The van der Waals surface area contributed by atoms with Gasteiger partial charge in [0.1, 0.15) is 22.7 Å². The van der Waals surface area contributed by atoms with Crippen LogP contribution in [-0.2, 0) is 13.0 Å². The molecule has 2 N–H and O–H groups in total. The Bertz CT molecular complexity index is 1250. The van der Waals surface area contributed by atoms with Crippen LogP contribution in [0.2, 0.25) is 0 Å². The summed E-state index contributed by atoms with van der Waals surface area (Å²) in [5, 5.41) is 15.1. The normalized spacial score (nSPS) is 13.6. The van der Waals surface area contributed by atoms with Crippen molar-refractivity contribution in [2.45, 2.75) is 19.9 Å². The Kier molecular flexibility index (Phi) is 3.84. The van der Waals surface area contributed by atoms with Gasteiger partial charge in [0.2, 0.25) is 0 Å². The van der Waals surface area contributed by atoms with Crippen LogP contribution in [-0.4, -0.2) is 26.5 Å². The fourth-order valence-electron chi connectivity index (χ4n) is 3.77. The number of nitrogens with one attached hydrogen (secondary N) is 2. The molecule has 0 atom stereocenters. The number of aromatic amines is 1. The number of hydrogen-bond donors (Lipinski definition) is 2. The van der Waals surface area contributed by atoms with E-state index in [9.17, 15) is 9.18 Å². The van der Waals surface area contributed by atoms with Gasteiger partial charge in [-0.2, -0.15) is 14.9 Å².